The molecule has 0 bridgehead atoms. The van der Waals surface area contributed by atoms with Crippen LogP contribution in [0.5, 0.6) is 5.75 Å². The van der Waals surface area contributed by atoms with Crippen molar-refractivity contribution in [2.24, 2.45) is 0 Å². The first kappa shape index (κ1) is 13.1. The fourth-order valence-corrected chi connectivity index (χ4v) is 2.95. The number of hydrogen-bond acceptors (Lipinski definition) is 7. The molecule has 2 aromatic rings. The Bertz CT molecular complexity index is 509. The van der Waals surface area contributed by atoms with Gasteiger partial charge in [0.1, 0.15) is 0 Å². The number of nitrogens with zero attached hydrogens (tertiary/aromatic N) is 2. The van der Waals surface area contributed by atoms with E-state index in [0.717, 1.165) is 28.7 Å². The molecule has 5 nitrogen and oxygen atoms in total. The third-order valence-electron chi connectivity index (χ3n) is 2.25. The van der Waals surface area contributed by atoms with E-state index in [0.29, 0.717) is 18.2 Å². The Kier molecular flexibility index (Phi) is 4.38. The molecule has 0 saturated heterocycles. The predicted octanol–water partition coefficient (Wildman–Crippen LogP) is 2.54. The van der Waals surface area contributed by atoms with Gasteiger partial charge in [0.2, 0.25) is 0 Å². The molecule has 0 aliphatic rings. The second-order valence-corrected chi connectivity index (χ2v) is 5.43. The Morgan fingerprint density at radius 3 is 3.00 bits per heavy atom. The summed E-state index contributed by atoms with van der Waals surface area (Å²) in [6, 6.07) is 0. The molecule has 0 spiro atoms. The second-order valence-electron chi connectivity index (χ2n) is 3.72. The van der Waals surface area contributed by atoms with Crippen LogP contribution < -0.4 is 15.8 Å². The molecule has 2 aromatic heterocycles. The summed E-state index contributed by atoms with van der Waals surface area (Å²) in [6.45, 7) is 5.32. The maximum Gasteiger partial charge on any atom is 0.197 e. The van der Waals surface area contributed by atoms with E-state index in [-0.39, 0.29) is 0 Å². The zero-order chi connectivity index (χ0) is 13.0. The Balaban J connectivity index is 1.90. The summed E-state index contributed by atoms with van der Waals surface area (Å²) in [5.41, 5.74) is 6.81. The normalized spacial score (nSPS) is 10.6. The van der Waals surface area contributed by atoms with Gasteiger partial charge < -0.3 is 15.8 Å². The second kappa shape index (κ2) is 6.01. The highest BCUT2D eigenvalue weighted by atomic mass is 32.1. The molecule has 18 heavy (non-hydrogen) atoms. The van der Waals surface area contributed by atoms with Crippen molar-refractivity contribution in [1.82, 2.24) is 9.36 Å². The molecule has 7 heteroatoms. The number of hydrogen-bond donors (Lipinski definition) is 2. The van der Waals surface area contributed by atoms with E-state index in [1.54, 1.807) is 11.3 Å². The molecule has 0 aliphatic heterocycles. The highest BCUT2D eigenvalue weighted by Gasteiger charge is 2.12. The minimum absolute atomic E-state index is 0.453. The molecule has 0 fully saturated rings. The van der Waals surface area contributed by atoms with E-state index in [9.17, 15) is 0 Å². The van der Waals surface area contributed by atoms with Gasteiger partial charge in [-0.1, -0.05) is 0 Å². The smallest absolute Gasteiger partial charge is 0.197 e. The van der Waals surface area contributed by atoms with Crippen LogP contribution in [0.4, 0.5) is 10.8 Å². The molecule has 0 aliphatic carbocycles. The molecular formula is C11H16N4OS2. The summed E-state index contributed by atoms with van der Waals surface area (Å²) in [6.07, 6.45) is 0.891. The van der Waals surface area contributed by atoms with E-state index in [2.05, 4.69) is 20.1 Å². The lowest BCUT2D eigenvalue weighted by molar-refractivity contribution is 0.344. The summed E-state index contributed by atoms with van der Waals surface area (Å²) < 4.78 is 9.55. The third-order valence-corrected chi connectivity index (χ3v) is 4.08. The van der Waals surface area contributed by atoms with Crippen molar-refractivity contribution in [2.45, 2.75) is 20.3 Å². The quantitative estimate of drug-likeness (QED) is 0.853. The fraction of sp³-hybridized carbons (Fsp3) is 0.455. The predicted molar refractivity (Wildman–Crippen MR) is 76.7 cm³/mol. The van der Waals surface area contributed by atoms with Crippen LogP contribution in [0.1, 0.15) is 17.6 Å². The van der Waals surface area contributed by atoms with E-state index in [1.807, 2.05) is 13.8 Å². The third kappa shape index (κ3) is 3.11. The van der Waals surface area contributed by atoms with E-state index in [4.69, 9.17) is 10.5 Å². The van der Waals surface area contributed by atoms with Crippen LogP contribution >= 0.6 is 22.9 Å². The largest absolute Gasteiger partial charge is 0.487 e. The number of aryl methyl sites for hydroxylation is 1. The number of ether oxygens (including phenoxy) is 1. The number of nitrogens with two attached hydrogens (primary N) is 1. The van der Waals surface area contributed by atoms with Gasteiger partial charge in [-0.2, -0.15) is 4.37 Å². The van der Waals surface area contributed by atoms with Gasteiger partial charge in [-0.3, -0.25) is 0 Å². The number of rotatable bonds is 6. The van der Waals surface area contributed by atoms with E-state index < -0.39 is 0 Å². The maximum absolute atomic E-state index is 5.74. The SMILES string of the molecule is CCOc1c(N)nsc1NCCc1nc(C)cs1. The van der Waals surface area contributed by atoms with Gasteiger partial charge in [-0.25, -0.2) is 4.98 Å². The number of nitrogens with one attached hydrogen (secondary N) is 1. The first-order valence-electron chi connectivity index (χ1n) is 5.73. The number of anilines is 2. The van der Waals surface area contributed by atoms with E-state index in [1.165, 1.54) is 11.5 Å². The van der Waals surface area contributed by atoms with Crippen molar-refractivity contribution < 1.29 is 4.74 Å². The Morgan fingerprint density at radius 1 is 1.50 bits per heavy atom. The molecule has 98 valence electrons. The fourth-order valence-electron chi connectivity index (χ4n) is 1.49. The van der Waals surface area contributed by atoms with Gasteiger partial charge in [-0.15, -0.1) is 11.3 Å². The van der Waals surface area contributed by atoms with Crippen LogP contribution in [-0.4, -0.2) is 22.5 Å². The highest BCUT2D eigenvalue weighted by molar-refractivity contribution is 7.11. The summed E-state index contributed by atoms with van der Waals surface area (Å²) in [5.74, 6) is 1.12. The minimum Gasteiger partial charge on any atom is -0.487 e. The molecule has 0 radical (unpaired) electrons. The van der Waals surface area contributed by atoms with Gasteiger partial charge in [-0.05, 0) is 25.4 Å². The minimum atomic E-state index is 0.453. The summed E-state index contributed by atoms with van der Waals surface area (Å²) in [5, 5.41) is 7.38. The zero-order valence-electron chi connectivity index (χ0n) is 10.4. The Hall–Kier alpha value is -1.34. The van der Waals surface area contributed by atoms with Crippen LogP contribution in [0.25, 0.3) is 0 Å². The zero-order valence-corrected chi connectivity index (χ0v) is 12.0. The molecule has 0 unspecified atom stereocenters. The molecule has 0 aromatic carbocycles. The molecule has 3 N–H and O–H groups in total. The van der Waals surface area contributed by atoms with Crippen molar-refractivity contribution in [3.8, 4) is 5.75 Å². The first-order chi connectivity index (χ1) is 8.70. The molecular weight excluding hydrogens is 268 g/mol. The van der Waals surface area contributed by atoms with Crippen molar-refractivity contribution in [2.75, 3.05) is 24.2 Å². The summed E-state index contributed by atoms with van der Waals surface area (Å²) in [7, 11) is 0. The topological polar surface area (TPSA) is 73.1 Å². The molecule has 0 amide bonds. The average Bonchev–Trinajstić information content (AvgIpc) is 2.90. The van der Waals surface area contributed by atoms with Crippen molar-refractivity contribution in [3.63, 3.8) is 0 Å². The van der Waals surface area contributed by atoms with Crippen LogP contribution in [0.3, 0.4) is 0 Å². The average molecular weight is 284 g/mol. The van der Waals surface area contributed by atoms with Gasteiger partial charge in [0.25, 0.3) is 0 Å². The van der Waals surface area contributed by atoms with Gasteiger partial charge >= 0.3 is 0 Å². The monoisotopic (exact) mass is 284 g/mol. The number of nitrogen functional groups attached to an aromatic ring is 1. The first-order valence-corrected chi connectivity index (χ1v) is 7.38. The lowest BCUT2D eigenvalue weighted by Gasteiger charge is -2.06. The van der Waals surface area contributed by atoms with Gasteiger partial charge in [0.15, 0.2) is 16.6 Å². The van der Waals surface area contributed by atoms with Crippen LogP contribution in [0.15, 0.2) is 5.38 Å². The van der Waals surface area contributed by atoms with Gasteiger partial charge in [0.05, 0.1) is 11.6 Å². The number of aromatic nitrogens is 2. The molecule has 0 saturated carbocycles. The Labute approximate surface area is 114 Å². The maximum atomic E-state index is 5.74. The van der Waals surface area contributed by atoms with Crippen LogP contribution in [-0.2, 0) is 6.42 Å². The molecule has 0 atom stereocenters. The lowest BCUT2D eigenvalue weighted by Crippen LogP contribution is -2.05. The molecule has 2 rings (SSSR count). The van der Waals surface area contributed by atoms with Crippen LogP contribution in [0, 0.1) is 6.92 Å². The Morgan fingerprint density at radius 2 is 2.33 bits per heavy atom. The van der Waals surface area contributed by atoms with Crippen molar-refractivity contribution in [1.29, 1.82) is 0 Å². The van der Waals surface area contributed by atoms with Crippen molar-refractivity contribution >= 4 is 33.7 Å². The van der Waals surface area contributed by atoms with E-state index >= 15 is 0 Å². The van der Waals surface area contributed by atoms with Crippen molar-refractivity contribution in [3.05, 3.63) is 16.1 Å². The number of thiazole rings is 1. The summed E-state index contributed by atoms with van der Waals surface area (Å²) in [4.78, 5) is 4.42. The van der Waals surface area contributed by atoms with Crippen LogP contribution in [0.2, 0.25) is 0 Å². The lowest BCUT2D eigenvalue weighted by atomic mass is 10.4. The highest BCUT2D eigenvalue weighted by Crippen LogP contribution is 2.34. The van der Waals surface area contributed by atoms with Gasteiger partial charge in [0, 0.05) is 24.0 Å². The standard InChI is InChI=1S/C11H16N4OS2/c1-3-16-9-10(12)15-18-11(9)13-5-4-8-14-7(2)6-17-8/h6,13H,3-5H2,1-2H3,(H2,12,15). The molecule has 2 heterocycles. The summed E-state index contributed by atoms with van der Waals surface area (Å²) >= 11 is 3.01.